The Morgan fingerprint density at radius 2 is 2.06 bits per heavy atom. The zero-order valence-corrected chi connectivity index (χ0v) is 9.67. The molecule has 17 heavy (non-hydrogen) atoms. The lowest BCUT2D eigenvalue weighted by Crippen LogP contribution is -2.05. The van der Waals surface area contributed by atoms with Gasteiger partial charge < -0.3 is 5.32 Å². The third kappa shape index (κ3) is 2.34. The van der Waals surface area contributed by atoms with Crippen molar-refractivity contribution < 1.29 is 8.78 Å². The molecule has 0 amide bonds. The second-order valence-corrected chi connectivity index (χ2v) is 3.84. The first kappa shape index (κ1) is 11.7. The predicted molar refractivity (Wildman–Crippen MR) is 61.3 cm³/mol. The average Bonchev–Trinajstić information content (AvgIpc) is 2.64. The molecular formula is C12H13F2N3. The molecule has 0 aliphatic carbocycles. The molecule has 0 saturated heterocycles. The van der Waals surface area contributed by atoms with Crippen molar-refractivity contribution in [3.63, 3.8) is 0 Å². The van der Waals surface area contributed by atoms with Crippen molar-refractivity contribution in [3.05, 3.63) is 41.6 Å². The van der Waals surface area contributed by atoms with Crippen LogP contribution in [0.25, 0.3) is 11.3 Å². The van der Waals surface area contributed by atoms with Gasteiger partial charge in [-0.15, -0.1) is 0 Å². The molecule has 2 aromatic rings. The van der Waals surface area contributed by atoms with E-state index in [2.05, 4.69) is 10.4 Å². The lowest BCUT2D eigenvalue weighted by molar-refractivity contribution is 0.509. The van der Waals surface area contributed by atoms with Crippen LogP contribution in [0.3, 0.4) is 0 Å². The standard InChI is InChI=1S/C12H13F2N3/c1-15-6-9-7-17(2)16-12(9)8-3-4-10(13)11(14)5-8/h3-5,7,15H,6H2,1-2H3. The van der Waals surface area contributed by atoms with E-state index in [1.54, 1.807) is 11.7 Å². The summed E-state index contributed by atoms with van der Waals surface area (Å²) in [7, 11) is 3.62. The molecule has 0 unspecified atom stereocenters. The lowest BCUT2D eigenvalue weighted by atomic mass is 10.1. The van der Waals surface area contributed by atoms with Gasteiger partial charge in [-0.25, -0.2) is 8.78 Å². The van der Waals surface area contributed by atoms with Gasteiger partial charge in [0.1, 0.15) is 0 Å². The van der Waals surface area contributed by atoms with E-state index in [1.165, 1.54) is 6.07 Å². The Hall–Kier alpha value is -1.75. The first-order valence-electron chi connectivity index (χ1n) is 5.24. The van der Waals surface area contributed by atoms with Gasteiger partial charge in [-0.2, -0.15) is 5.10 Å². The van der Waals surface area contributed by atoms with Gasteiger partial charge in [-0.05, 0) is 25.2 Å². The third-order valence-electron chi connectivity index (χ3n) is 2.46. The molecule has 0 aliphatic heterocycles. The highest BCUT2D eigenvalue weighted by molar-refractivity contribution is 5.62. The van der Waals surface area contributed by atoms with E-state index in [9.17, 15) is 8.78 Å². The Bertz CT molecular complexity index is 535. The van der Waals surface area contributed by atoms with Crippen molar-refractivity contribution in [3.8, 4) is 11.3 Å². The molecular weight excluding hydrogens is 224 g/mol. The SMILES string of the molecule is CNCc1cn(C)nc1-c1ccc(F)c(F)c1. The molecule has 0 aliphatic rings. The van der Waals surface area contributed by atoms with Crippen LogP contribution in [0.5, 0.6) is 0 Å². The second-order valence-electron chi connectivity index (χ2n) is 3.84. The number of nitrogens with one attached hydrogen (secondary N) is 1. The largest absolute Gasteiger partial charge is 0.316 e. The third-order valence-corrected chi connectivity index (χ3v) is 2.46. The van der Waals surface area contributed by atoms with Gasteiger partial charge in [0, 0.05) is 30.9 Å². The molecule has 2 rings (SSSR count). The highest BCUT2D eigenvalue weighted by Crippen LogP contribution is 2.23. The molecule has 90 valence electrons. The number of hydrogen-bond donors (Lipinski definition) is 1. The maximum atomic E-state index is 13.2. The minimum Gasteiger partial charge on any atom is -0.316 e. The van der Waals surface area contributed by atoms with Gasteiger partial charge in [-0.3, -0.25) is 4.68 Å². The normalized spacial score (nSPS) is 10.8. The molecule has 1 N–H and O–H groups in total. The molecule has 0 bridgehead atoms. The summed E-state index contributed by atoms with van der Waals surface area (Å²) in [5, 5.41) is 7.27. The fourth-order valence-corrected chi connectivity index (χ4v) is 1.74. The first-order valence-corrected chi connectivity index (χ1v) is 5.24. The van der Waals surface area contributed by atoms with Crippen molar-refractivity contribution in [1.82, 2.24) is 15.1 Å². The predicted octanol–water partition coefficient (Wildman–Crippen LogP) is 2.08. The number of rotatable bonds is 3. The topological polar surface area (TPSA) is 29.9 Å². The summed E-state index contributed by atoms with van der Waals surface area (Å²) in [5.74, 6) is -1.71. The van der Waals surface area contributed by atoms with Gasteiger partial charge in [0.05, 0.1) is 5.69 Å². The Balaban J connectivity index is 2.47. The Morgan fingerprint density at radius 1 is 1.29 bits per heavy atom. The molecule has 5 heteroatoms. The van der Waals surface area contributed by atoms with E-state index in [-0.39, 0.29) is 0 Å². The molecule has 1 heterocycles. The highest BCUT2D eigenvalue weighted by Gasteiger charge is 2.11. The van der Waals surface area contributed by atoms with Crippen molar-refractivity contribution >= 4 is 0 Å². The van der Waals surface area contributed by atoms with Crippen molar-refractivity contribution in [2.45, 2.75) is 6.54 Å². The van der Waals surface area contributed by atoms with Crippen LogP contribution >= 0.6 is 0 Å². The number of nitrogens with zero attached hydrogens (tertiary/aromatic N) is 2. The monoisotopic (exact) mass is 237 g/mol. The molecule has 3 nitrogen and oxygen atoms in total. The van der Waals surface area contributed by atoms with Crippen LogP contribution in [0, 0.1) is 11.6 Å². The zero-order chi connectivity index (χ0) is 12.4. The van der Waals surface area contributed by atoms with Gasteiger partial charge in [-0.1, -0.05) is 0 Å². The Kier molecular flexibility index (Phi) is 3.19. The first-order chi connectivity index (χ1) is 8.11. The summed E-state index contributed by atoms with van der Waals surface area (Å²) >= 11 is 0. The summed E-state index contributed by atoms with van der Waals surface area (Å²) in [6.45, 7) is 0.627. The maximum Gasteiger partial charge on any atom is 0.159 e. The van der Waals surface area contributed by atoms with Crippen molar-refractivity contribution in [1.29, 1.82) is 0 Å². The second kappa shape index (κ2) is 4.63. The van der Waals surface area contributed by atoms with Crippen molar-refractivity contribution in [2.75, 3.05) is 7.05 Å². The Morgan fingerprint density at radius 3 is 2.71 bits per heavy atom. The van der Waals surface area contributed by atoms with Crippen LogP contribution < -0.4 is 5.32 Å². The van der Waals surface area contributed by atoms with E-state index in [4.69, 9.17) is 0 Å². The van der Waals surface area contributed by atoms with Crippen LogP contribution in [0.1, 0.15) is 5.56 Å². The van der Waals surface area contributed by atoms with E-state index in [0.29, 0.717) is 17.8 Å². The summed E-state index contributed by atoms with van der Waals surface area (Å²) in [4.78, 5) is 0. The smallest absolute Gasteiger partial charge is 0.159 e. The average molecular weight is 237 g/mol. The van der Waals surface area contributed by atoms with Crippen LogP contribution in [0.2, 0.25) is 0 Å². The van der Waals surface area contributed by atoms with E-state index in [1.807, 2.05) is 13.2 Å². The van der Waals surface area contributed by atoms with E-state index in [0.717, 1.165) is 17.7 Å². The fourth-order valence-electron chi connectivity index (χ4n) is 1.74. The quantitative estimate of drug-likeness (QED) is 0.885. The zero-order valence-electron chi connectivity index (χ0n) is 9.67. The van der Waals surface area contributed by atoms with Crippen LogP contribution in [-0.4, -0.2) is 16.8 Å². The molecule has 1 aromatic carbocycles. The minimum atomic E-state index is -0.858. The maximum absolute atomic E-state index is 13.2. The van der Waals surface area contributed by atoms with Gasteiger partial charge in [0.2, 0.25) is 0 Å². The van der Waals surface area contributed by atoms with Gasteiger partial charge >= 0.3 is 0 Å². The number of aromatic nitrogens is 2. The lowest BCUT2D eigenvalue weighted by Gasteiger charge is -2.02. The van der Waals surface area contributed by atoms with Crippen LogP contribution in [0.4, 0.5) is 8.78 Å². The number of hydrogen-bond acceptors (Lipinski definition) is 2. The van der Waals surface area contributed by atoms with Crippen LogP contribution in [-0.2, 0) is 13.6 Å². The molecule has 0 atom stereocenters. The van der Waals surface area contributed by atoms with E-state index < -0.39 is 11.6 Å². The number of halogens is 2. The molecule has 0 spiro atoms. The summed E-state index contributed by atoms with van der Waals surface area (Å²) in [6, 6.07) is 3.80. The minimum absolute atomic E-state index is 0.578. The summed E-state index contributed by atoms with van der Waals surface area (Å²) in [5.41, 5.74) is 2.19. The van der Waals surface area contributed by atoms with Gasteiger partial charge in [0.25, 0.3) is 0 Å². The fraction of sp³-hybridized carbons (Fsp3) is 0.250. The number of benzene rings is 1. The van der Waals surface area contributed by atoms with Crippen molar-refractivity contribution in [2.24, 2.45) is 7.05 Å². The molecule has 0 radical (unpaired) electrons. The summed E-state index contributed by atoms with van der Waals surface area (Å²) < 4.78 is 27.7. The van der Waals surface area contributed by atoms with E-state index >= 15 is 0 Å². The Labute approximate surface area is 98.1 Å². The molecule has 0 fully saturated rings. The van der Waals surface area contributed by atoms with Crippen LogP contribution in [0.15, 0.2) is 24.4 Å². The highest BCUT2D eigenvalue weighted by atomic mass is 19.2. The van der Waals surface area contributed by atoms with Gasteiger partial charge in [0.15, 0.2) is 11.6 Å². The summed E-state index contributed by atoms with van der Waals surface area (Å²) in [6.07, 6.45) is 1.85. The number of aryl methyl sites for hydroxylation is 1. The molecule has 0 saturated carbocycles. The molecule has 1 aromatic heterocycles.